The minimum absolute atomic E-state index is 0.0437. The number of halogens is 2. The molecule has 0 fully saturated rings. The summed E-state index contributed by atoms with van der Waals surface area (Å²) in [6.45, 7) is 3.61. The van der Waals surface area contributed by atoms with E-state index >= 15 is 0 Å². The Morgan fingerprint density at radius 3 is 2.56 bits per heavy atom. The Morgan fingerprint density at radius 2 is 1.89 bits per heavy atom. The summed E-state index contributed by atoms with van der Waals surface area (Å²) in [6, 6.07) is 12.7. The predicted molar refractivity (Wildman–Crippen MR) is 143 cm³/mol. The van der Waals surface area contributed by atoms with E-state index in [4.69, 9.17) is 9.84 Å². The Bertz CT molecular complexity index is 1090. The number of para-hydroxylation sites is 1. The van der Waals surface area contributed by atoms with Crippen LogP contribution in [0.4, 0.5) is 4.39 Å². The molecule has 36 heavy (non-hydrogen) atoms. The average Bonchev–Trinajstić information content (AvgIpc) is 2.84. The van der Waals surface area contributed by atoms with E-state index in [1.807, 2.05) is 26.0 Å². The van der Waals surface area contributed by atoms with Crippen LogP contribution in [-0.2, 0) is 16.1 Å². The van der Waals surface area contributed by atoms with E-state index < -0.39 is 30.0 Å². The molecule has 0 radical (unpaired) electrons. The maximum absolute atomic E-state index is 14.6. The summed E-state index contributed by atoms with van der Waals surface area (Å²) < 4.78 is 21.5. The zero-order valence-corrected chi connectivity index (χ0v) is 22.5. The Morgan fingerprint density at radius 1 is 1.19 bits per heavy atom. The van der Waals surface area contributed by atoms with Crippen LogP contribution in [0.2, 0.25) is 0 Å². The molecule has 0 unspecified atom stereocenters. The van der Waals surface area contributed by atoms with Gasteiger partial charge in [0, 0.05) is 37.1 Å². The first-order valence-corrected chi connectivity index (χ1v) is 13.0. The lowest BCUT2D eigenvalue weighted by molar-refractivity contribution is -0.140. The quantitative estimate of drug-likeness (QED) is 0.359. The van der Waals surface area contributed by atoms with Crippen molar-refractivity contribution >= 4 is 34.4 Å². The first kappa shape index (κ1) is 28.1. The molecule has 2 aromatic carbocycles. The van der Waals surface area contributed by atoms with Gasteiger partial charge in [0.1, 0.15) is 23.8 Å². The van der Waals surface area contributed by atoms with Crippen molar-refractivity contribution in [2.45, 2.75) is 51.5 Å². The maximum Gasteiger partial charge on any atom is 0.247 e. The van der Waals surface area contributed by atoms with Gasteiger partial charge >= 0.3 is 0 Å². The lowest BCUT2D eigenvalue weighted by atomic mass is 9.87. The summed E-state index contributed by atoms with van der Waals surface area (Å²) in [5.74, 6) is -0.541. The molecule has 2 amide bonds. The third-order valence-corrected chi connectivity index (χ3v) is 6.81. The number of carbonyl (C=O) groups is 2. The summed E-state index contributed by atoms with van der Waals surface area (Å²) >= 11 is 2.12. The number of aliphatic hydroxyl groups excluding tert-OH is 2. The van der Waals surface area contributed by atoms with E-state index in [0.717, 1.165) is 3.57 Å². The molecule has 0 aromatic heterocycles. The molecule has 1 aliphatic rings. The molecule has 0 saturated carbocycles. The van der Waals surface area contributed by atoms with Crippen molar-refractivity contribution in [1.29, 1.82) is 0 Å². The van der Waals surface area contributed by atoms with Crippen LogP contribution < -0.4 is 10.1 Å². The highest BCUT2D eigenvalue weighted by Crippen LogP contribution is 2.31. The molecule has 9 heteroatoms. The smallest absolute Gasteiger partial charge is 0.247 e. The summed E-state index contributed by atoms with van der Waals surface area (Å²) in [6.07, 6.45) is -0.272. The molecule has 1 aliphatic carbocycles. The van der Waals surface area contributed by atoms with Crippen LogP contribution in [0.15, 0.2) is 60.2 Å². The van der Waals surface area contributed by atoms with Crippen molar-refractivity contribution in [1.82, 2.24) is 10.2 Å². The second-order valence-electron chi connectivity index (χ2n) is 9.16. The van der Waals surface area contributed by atoms with Gasteiger partial charge in [-0.2, -0.15) is 0 Å². The van der Waals surface area contributed by atoms with Crippen LogP contribution in [-0.4, -0.2) is 58.3 Å². The molecule has 0 spiro atoms. The van der Waals surface area contributed by atoms with Gasteiger partial charge < -0.3 is 25.2 Å². The zero-order valence-electron chi connectivity index (χ0n) is 20.4. The van der Waals surface area contributed by atoms with Crippen molar-refractivity contribution in [3.8, 4) is 5.75 Å². The molecule has 3 rings (SSSR count). The lowest BCUT2D eigenvalue weighted by Crippen LogP contribution is -2.55. The van der Waals surface area contributed by atoms with Gasteiger partial charge in [0.05, 0.1) is 16.2 Å². The number of nitrogens with zero attached hydrogens (tertiary/aromatic N) is 1. The van der Waals surface area contributed by atoms with Gasteiger partial charge in [-0.15, -0.1) is 0 Å². The van der Waals surface area contributed by atoms with Crippen molar-refractivity contribution < 1.29 is 28.9 Å². The topological polar surface area (TPSA) is 99.1 Å². The average molecular weight is 610 g/mol. The number of benzene rings is 2. The first-order chi connectivity index (χ1) is 17.2. The molecule has 0 bridgehead atoms. The van der Waals surface area contributed by atoms with E-state index in [1.165, 1.54) is 11.0 Å². The normalized spacial score (nSPS) is 19.5. The van der Waals surface area contributed by atoms with E-state index in [2.05, 4.69) is 27.9 Å². The van der Waals surface area contributed by atoms with Gasteiger partial charge in [-0.3, -0.25) is 9.59 Å². The van der Waals surface area contributed by atoms with Crippen molar-refractivity contribution in [3.05, 3.63) is 75.1 Å². The number of hydrogen-bond acceptors (Lipinski definition) is 5. The van der Waals surface area contributed by atoms with Crippen LogP contribution in [0.1, 0.15) is 32.3 Å². The van der Waals surface area contributed by atoms with Gasteiger partial charge in [0.2, 0.25) is 11.8 Å². The van der Waals surface area contributed by atoms with Crippen molar-refractivity contribution in [2.75, 3.05) is 13.2 Å². The van der Waals surface area contributed by atoms with Gasteiger partial charge in [-0.25, -0.2) is 4.39 Å². The largest absolute Gasteiger partial charge is 0.482 e. The monoisotopic (exact) mass is 610 g/mol. The molecular weight excluding hydrogens is 578 g/mol. The maximum atomic E-state index is 14.6. The van der Waals surface area contributed by atoms with E-state index in [0.29, 0.717) is 16.9 Å². The van der Waals surface area contributed by atoms with Crippen LogP contribution >= 0.6 is 22.6 Å². The zero-order chi connectivity index (χ0) is 26.2. The van der Waals surface area contributed by atoms with Gasteiger partial charge in [-0.05, 0) is 52.8 Å². The van der Waals surface area contributed by atoms with E-state index in [-0.39, 0.29) is 44.4 Å². The fraction of sp³-hybridized carbons (Fsp3) is 0.407. The minimum Gasteiger partial charge on any atom is -0.482 e. The summed E-state index contributed by atoms with van der Waals surface area (Å²) in [5.41, 5.74) is 0.642. The Kier molecular flexibility index (Phi) is 10.3. The first-order valence-electron chi connectivity index (χ1n) is 11.9. The molecule has 7 nitrogen and oxygen atoms in total. The Hall–Kier alpha value is -2.50. The number of amides is 2. The van der Waals surface area contributed by atoms with E-state index in [9.17, 15) is 19.1 Å². The third kappa shape index (κ3) is 7.27. The molecule has 194 valence electrons. The summed E-state index contributed by atoms with van der Waals surface area (Å²) in [7, 11) is 0. The highest BCUT2D eigenvalue weighted by Gasteiger charge is 2.40. The Balaban J connectivity index is 1.99. The molecule has 0 heterocycles. The van der Waals surface area contributed by atoms with Crippen LogP contribution in [0, 0.1) is 15.3 Å². The number of aliphatic hydroxyl groups is 2. The van der Waals surface area contributed by atoms with E-state index in [1.54, 1.807) is 36.4 Å². The highest BCUT2D eigenvalue weighted by molar-refractivity contribution is 14.1. The summed E-state index contributed by atoms with van der Waals surface area (Å²) in [4.78, 5) is 27.7. The second kappa shape index (κ2) is 13.2. The predicted octanol–water partition coefficient (Wildman–Crippen LogP) is 3.42. The molecule has 3 atom stereocenters. The molecular formula is C27H32FIN2O5. The fourth-order valence-corrected chi connectivity index (χ4v) is 4.65. The molecule has 0 saturated heterocycles. The second-order valence-corrected chi connectivity index (χ2v) is 10.3. The van der Waals surface area contributed by atoms with Crippen molar-refractivity contribution in [3.63, 3.8) is 0 Å². The van der Waals surface area contributed by atoms with Crippen LogP contribution in [0.3, 0.4) is 0 Å². The number of ether oxygens (including phenoxy) is 1. The van der Waals surface area contributed by atoms with Gasteiger partial charge in [-0.1, -0.05) is 44.2 Å². The summed E-state index contributed by atoms with van der Waals surface area (Å²) in [5, 5.41) is 23.2. The number of carbonyl (C=O) groups excluding carboxylic acids is 2. The Labute approximate surface area is 224 Å². The van der Waals surface area contributed by atoms with Gasteiger partial charge in [0.25, 0.3) is 0 Å². The van der Waals surface area contributed by atoms with Gasteiger partial charge in [0.15, 0.2) is 0 Å². The molecule has 3 N–H and O–H groups in total. The van der Waals surface area contributed by atoms with Crippen LogP contribution in [0.5, 0.6) is 5.75 Å². The van der Waals surface area contributed by atoms with Crippen molar-refractivity contribution in [2.24, 2.45) is 5.92 Å². The fourth-order valence-electron chi connectivity index (χ4n) is 4.13. The standard InChI is InChI=1S/C27H32FIN2O5/c1-17(2)13-25(33)31(16-18-7-3-4-8-20(18)28)22-14-19(27(35)30-11-12-32)15-24(26(22)34)36-23-10-6-5-9-21(23)29/h3-10,15,17,22,24,26,32,34H,11-14,16H2,1-2H3,(H,30,35)/t22-,24+,26+/m1/s1. The molecule has 2 aromatic rings. The SMILES string of the molecule is CC(C)CC(=O)N(Cc1ccccc1F)[C@@H]1CC(C(=O)NCCO)=C[C@H](Oc2ccccc2I)[C@H]1O. The lowest BCUT2D eigenvalue weighted by Gasteiger charge is -2.41. The molecule has 0 aliphatic heterocycles. The number of hydrogen-bond donors (Lipinski definition) is 3. The van der Waals surface area contributed by atoms with Crippen LogP contribution in [0.25, 0.3) is 0 Å². The number of nitrogens with one attached hydrogen (secondary N) is 1. The minimum atomic E-state index is -1.17. The number of rotatable bonds is 10. The third-order valence-electron chi connectivity index (χ3n) is 5.92. The highest BCUT2D eigenvalue weighted by atomic mass is 127.